The normalized spacial score (nSPS) is 20.7. The van der Waals surface area contributed by atoms with Crippen molar-refractivity contribution in [3.05, 3.63) is 47.3 Å². The Balaban J connectivity index is 1.36. The van der Waals surface area contributed by atoms with Gasteiger partial charge in [0.25, 0.3) is 10.0 Å². The van der Waals surface area contributed by atoms with Gasteiger partial charge in [-0.25, -0.2) is 8.42 Å². The Morgan fingerprint density at radius 1 is 1.14 bits per heavy atom. The molecule has 2 saturated heterocycles. The van der Waals surface area contributed by atoms with Gasteiger partial charge in [-0.15, -0.1) is 11.3 Å². The Morgan fingerprint density at radius 2 is 1.90 bits per heavy atom. The number of nitrogens with one attached hydrogen (secondary N) is 1. The molecule has 156 valence electrons. The van der Waals surface area contributed by atoms with Crippen LogP contribution < -0.4 is 10.2 Å². The predicted octanol–water partition coefficient (Wildman–Crippen LogP) is 2.05. The molecule has 3 heterocycles. The first kappa shape index (κ1) is 20.3. The lowest BCUT2D eigenvalue weighted by atomic mass is 10.1. The minimum atomic E-state index is -3.62. The second-order valence-electron chi connectivity index (χ2n) is 7.19. The summed E-state index contributed by atoms with van der Waals surface area (Å²) in [7, 11) is -3.62. The second-order valence-corrected chi connectivity index (χ2v) is 10.3. The van der Waals surface area contributed by atoms with Gasteiger partial charge in [0.1, 0.15) is 10.3 Å². The molecule has 0 spiro atoms. The summed E-state index contributed by atoms with van der Waals surface area (Å²) < 4.78 is 32.6. The predicted molar refractivity (Wildman–Crippen MR) is 113 cm³/mol. The standard InChI is InChI=1S/C20H25N3O4S2/c24-20(18-3-1-9-23(18)29(25,26)19-4-2-14-28-19)21-15-16-5-7-17(8-6-16)22-10-12-27-13-11-22/h2,4-8,14,18H,1,3,9-13,15H2,(H,21,24)/t18-/m1/s1. The van der Waals surface area contributed by atoms with Crippen molar-refractivity contribution in [2.24, 2.45) is 0 Å². The number of sulfonamides is 1. The SMILES string of the molecule is O=C(NCc1ccc(N2CCOCC2)cc1)[C@H]1CCCN1S(=O)(=O)c1cccs1. The lowest BCUT2D eigenvalue weighted by molar-refractivity contribution is -0.124. The molecule has 2 aliphatic heterocycles. The monoisotopic (exact) mass is 435 g/mol. The fourth-order valence-electron chi connectivity index (χ4n) is 3.77. The van der Waals surface area contributed by atoms with Crippen molar-refractivity contribution in [1.82, 2.24) is 9.62 Å². The van der Waals surface area contributed by atoms with Crippen LogP contribution in [0.5, 0.6) is 0 Å². The van der Waals surface area contributed by atoms with Gasteiger partial charge in [-0.2, -0.15) is 4.31 Å². The maximum Gasteiger partial charge on any atom is 0.253 e. The average molecular weight is 436 g/mol. The van der Waals surface area contributed by atoms with E-state index in [1.165, 1.54) is 15.6 Å². The summed E-state index contributed by atoms with van der Waals surface area (Å²) in [5.41, 5.74) is 2.13. The van der Waals surface area contributed by atoms with Gasteiger partial charge in [0.2, 0.25) is 5.91 Å². The third-order valence-electron chi connectivity index (χ3n) is 5.34. The summed E-state index contributed by atoms with van der Waals surface area (Å²) >= 11 is 1.18. The second kappa shape index (κ2) is 8.83. The third kappa shape index (κ3) is 4.48. The van der Waals surface area contributed by atoms with Crippen molar-refractivity contribution in [2.45, 2.75) is 29.6 Å². The number of hydrogen-bond donors (Lipinski definition) is 1. The number of anilines is 1. The number of amides is 1. The van der Waals surface area contributed by atoms with E-state index in [0.29, 0.717) is 25.9 Å². The van der Waals surface area contributed by atoms with Crippen LogP contribution in [0.4, 0.5) is 5.69 Å². The van der Waals surface area contributed by atoms with E-state index in [9.17, 15) is 13.2 Å². The van der Waals surface area contributed by atoms with Crippen LogP contribution in [0, 0.1) is 0 Å². The molecule has 9 heteroatoms. The van der Waals surface area contributed by atoms with E-state index in [4.69, 9.17) is 4.74 Å². The van der Waals surface area contributed by atoms with Crippen LogP contribution in [-0.4, -0.2) is 57.5 Å². The number of carbonyl (C=O) groups is 1. The zero-order chi connectivity index (χ0) is 20.3. The highest BCUT2D eigenvalue weighted by Gasteiger charge is 2.39. The van der Waals surface area contributed by atoms with E-state index in [0.717, 1.165) is 37.6 Å². The van der Waals surface area contributed by atoms with Crippen LogP contribution in [0.3, 0.4) is 0 Å². The van der Waals surface area contributed by atoms with Crippen LogP contribution in [0.25, 0.3) is 0 Å². The molecule has 0 unspecified atom stereocenters. The maximum absolute atomic E-state index is 12.8. The van der Waals surface area contributed by atoms with E-state index in [2.05, 4.69) is 22.3 Å². The molecule has 1 amide bonds. The number of benzene rings is 1. The number of carbonyl (C=O) groups excluding carboxylic acids is 1. The molecule has 1 atom stereocenters. The molecule has 4 rings (SSSR count). The summed E-state index contributed by atoms with van der Waals surface area (Å²) in [4.78, 5) is 15.0. The zero-order valence-electron chi connectivity index (χ0n) is 16.1. The van der Waals surface area contributed by atoms with Crippen molar-refractivity contribution in [3.8, 4) is 0 Å². The molecule has 2 fully saturated rings. The molecule has 1 N–H and O–H groups in total. The fourth-order valence-corrected chi connectivity index (χ4v) is 6.54. The van der Waals surface area contributed by atoms with E-state index in [1.807, 2.05) is 12.1 Å². The summed E-state index contributed by atoms with van der Waals surface area (Å²) in [5, 5.41) is 4.65. The Kier molecular flexibility index (Phi) is 6.19. The van der Waals surface area contributed by atoms with Crippen LogP contribution >= 0.6 is 11.3 Å². The van der Waals surface area contributed by atoms with Crippen LogP contribution in [0.15, 0.2) is 46.0 Å². The largest absolute Gasteiger partial charge is 0.378 e. The van der Waals surface area contributed by atoms with Crippen molar-refractivity contribution in [2.75, 3.05) is 37.7 Å². The Morgan fingerprint density at radius 3 is 2.59 bits per heavy atom. The molecule has 1 aromatic carbocycles. The molecule has 0 aliphatic carbocycles. The summed E-state index contributed by atoms with van der Waals surface area (Å²) in [6.45, 7) is 4.00. The van der Waals surface area contributed by atoms with Gasteiger partial charge in [0, 0.05) is 31.9 Å². The van der Waals surface area contributed by atoms with Crippen LogP contribution in [-0.2, 0) is 26.1 Å². The third-order valence-corrected chi connectivity index (χ3v) is 8.62. The molecule has 0 saturated carbocycles. The van der Waals surface area contributed by atoms with Gasteiger partial charge >= 0.3 is 0 Å². The molecule has 1 aromatic heterocycles. The van der Waals surface area contributed by atoms with E-state index >= 15 is 0 Å². The number of ether oxygens (including phenoxy) is 1. The van der Waals surface area contributed by atoms with Gasteiger partial charge in [0.15, 0.2) is 0 Å². The maximum atomic E-state index is 12.8. The lowest BCUT2D eigenvalue weighted by Gasteiger charge is -2.29. The van der Waals surface area contributed by atoms with E-state index in [-0.39, 0.29) is 10.1 Å². The smallest absolute Gasteiger partial charge is 0.253 e. The first-order valence-electron chi connectivity index (χ1n) is 9.80. The minimum absolute atomic E-state index is 0.236. The first-order chi connectivity index (χ1) is 14.1. The minimum Gasteiger partial charge on any atom is -0.378 e. The van der Waals surface area contributed by atoms with E-state index in [1.54, 1.807) is 17.5 Å². The quantitative estimate of drug-likeness (QED) is 0.751. The topological polar surface area (TPSA) is 79.0 Å². The van der Waals surface area contributed by atoms with Crippen molar-refractivity contribution < 1.29 is 17.9 Å². The number of rotatable bonds is 6. The van der Waals surface area contributed by atoms with Crippen molar-refractivity contribution in [3.63, 3.8) is 0 Å². The molecular weight excluding hydrogens is 410 g/mol. The van der Waals surface area contributed by atoms with Gasteiger partial charge in [-0.1, -0.05) is 18.2 Å². The van der Waals surface area contributed by atoms with Gasteiger partial charge in [0.05, 0.1) is 13.2 Å². The van der Waals surface area contributed by atoms with E-state index < -0.39 is 16.1 Å². The molecule has 0 radical (unpaired) electrons. The first-order valence-corrected chi connectivity index (χ1v) is 12.1. The number of morpholine rings is 1. The highest BCUT2D eigenvalue weighted by Crippen LogP contribution is 2.28. The van der Waals surface area contributed by atoms with Crippen LogP contribution in [0.2, 0.25) is 0 Å². The summed E-state index contributed by atoms with van der Waals surface area (Å²) in [6, 6.07) is 10.8. The Labute approximate surface area is 175 Å². The number of thiophene rings is 1. The molecule has 7 nitrogen and oxygen atoms in total. The molecule has 2 aliphatic rings. The fraction of sp³-hybridized carbons (Fsp3) is 0.450. The number of hydrogen-bond acceptors (Lipinski definition) is 6. The molecule has 2 aromatic rings. The van der Waals surface area contributed by atoms with Crippen molar-refractivity contribution in [1.29, 1.82) is 0 Å². The highest BCUT2D eigenvalue weighted by atomic mass is 32.2. The van der Waals surface area contributed by atoms with Crippen molar-refractivity contribution >= 4 is 33.0 Å². The Bertz CT molecular complexity index is 923. The summed E-state index contributed by atoms with van der Waals surface area (Å²) in [5.74, 6) is -0.236. The van der Waals surface area contributed by atoms with Gasteiger partial charge in [-0.05, 0) is 42.0 Å². The van der Waals surface area contributed by atoms with Gasteiger partial charge < -0.3 is 15.0 Å². The van der Waals surface area contributed by atoms with Crippen LogP contribution in [0.1, 0.15) is 18.4 Å². The highest BCUT2D eigenvalue weighted by molar-refractivity contribution is 7.91. The molecule has 29 heavy (non-hydrogen) atoms. The molecule has 0 bridgehead atoms. The average Bonchev–Trinajstić information content (AvgIpc) is 3.46. The number of nitrogens with zero attached hydrogens (tertiary/aromatic N) is 2. The zero-order valence-corrected chi connectivity index (χ0v) is 17.8. The summed E-state index contributed by atoms with van der Waals surface area (Å²) in [6.07, 6.45) is 1.24. The molecular formula is C20H25N3O4S2. The lowest BCUT2D eigenvalue weighted by Crippen LogP contribution is -2.45. The van der Waals surface area contributed by atoms with Gasteiger partial charge in [-0.3, -0.25) is 4.79 Å². The Hall–Kier alpha value is -1.94.